The van der Waals surface area contributed by atoms with E-state index in [1.165, 1.54) is 0 Å². The van der Waals surface area contributed by atoms with Crippen LogP contribution in [0.1, 0.15) is 11.3 Å². The molecule has 9 heteroatoms. The normalized spacial score (nSPS) is 20.6. The van der Waals surface area contributed by atoms with Crippen molar-refractivity contribution in [3.63, 3.8) is 0 Å². The van der Waals surface area contributed by atoms with Crippen LogP contribution in [0, 0.1) is 6.92 Å². The lowest BCUT2D eigenvalue weighted by molar-refractivity contribution is -0.0847. The fourth-order valence-corrected chi connectivity index (χ4v) is 3.09. The zero-order valence-corrected chi connectivity index (χ0v) is 11.5. The van der Waals surface area contributed by atoms with Crippen LogP contribution in [0.15, 0.2) is 5.03 Å². The number of ether oxygens (including phenoxy) is 2. The van der Waals surface area contributed by atoms with Gasteiger partial charge in [-0.2, -0.15) is 5.10 Å². The molecule has 1 aromatic heterocycles. The van der Waals surface area contributed by atoms with E-state index in [1.54, 1.807) is 6.92 Å². The van der Waals surface area contributed by atoms with Gasteiger partial charge < -0.3 is 15.2 Å². The van der Waals surface area contributed by atoms with Gasteiger partial charge >= 0.3 is 0 Å². The number of sulfonamides is 1. The molecule has 8 nitrogen and oxygen atoms in total. The van der Waals surface area contributed by atoms with Crippen molar-refractivity contribution < 1.29 is 17.9 Å². The first-order valence-corrected chi connectivity index (χ1v) is 7.46. The molecule has 1 saturated heterocycles. The number of hydrogen-bond acceptors (Lipinski definition) is 6. The molecule has 1 atom stereocenters. The van der Waals surface area contributed by atoms with Crippen LogP contribution in [0.2, 0.25) is 0 Å². The highest BCUT2D eigenvalue weighted by atomic mass is 32.2. The minimum absolute atomic E-state index is 0.0516. The molecule has 1 fully saturated rings. The second-order valence-electron chi connectivity index (χ2n) is 4.26. The summed E-state index contributed by atoms with van der Waals surface area (Å²) in [6, 6.07) is 0. The highest BCUT2D eigenvalue weighted by Crippen LogP contribution is 2.15. The van der Waals surface area contributed by atoms with Gasteiger partial charge in [0.1, 0.15) is 0 Å². The molecule has 1 aliphatic heterocycles. The average molecular weight is 290 g/mol. The van der Waals surface area contributed by atoms with E-state index in [-0.39, 0.29) is 24.2 Å². The van der Waals surface area contributed by atoms with Gasteiger partial charge in [-0.05, 0) is 6.92 Å². The monoisotopic (exact) mass is 290 g/mol. The zero-order valence-electron chi connectivity index (χ0n) is 10.7. The predicted molar refractivity (Wildman–Crippen MR) is 67.0 cm³/mol. The Morgan fingerprint density at radius 3 is 2.95 bits per heavy atom. The number of nitrogens with two attached hydrogens (primary N) is 1. The summed E-state index contributed by atoms with van der Waals surface area (Å²) in [6.45, 7) is 3.39. The smallest absolute Gasteiger partial charge is 0.260 e. The van der Waals surface area contributed by atoms with E-state index in [4.69, 9.17) is 15.2 Å². The Hall–Kier alpha value is -1.00. The molecule has 0 bridgehead atoms. The predicted octanol–water partition coefficient (Wildman–Crippen LogP) is -1.13. The topological polar surface area (TPSA) is 119 Å². The molecule has 0 spiro atoms. The summed E-state index contributed by atoms with van der Waals surface area (Å²) in [5.74, 6) is 0. The van der Waals surface area contributed by atoms with E-state index in [0.717, 1.165) is 0 Å². The van der Waals surface area contributed by atoms with Crippen LogP contribution in [0.25, 0.3) is 0 Å². The second kappa shape index (κ2) is 5.97. The standard InChI is InChI=1S/C10H18N4O4S/c1-7-9(4-11)10(14-13-7)19(15,16)12-5-8-6-17-2-3-18-8/h8,12H,2-6,11H2,1H3,(H,13,14). The van der Waals surface area contributed by atoms with Crippen LogP contribution in [0.4, 0.5) is 0 Å². The van der Waals surface area contributed by atoms with Crippen molar-refractivity contribution >= 4 is 10.0 Å². The van der Waals surface area contributed by atoms with Gasteiger partial charge in [0.2, 0.25) is 0 Å². The molecule has 4 N–H and O–H groups in total. The van der Waals surface area contributed by atoms with Crippen LogP contribution in [-0.4, -0.2) is 51.1 Å². The van der Waals surface area contributed by atoms with E-state index in [0.29, 0.717) is 31.1 Å². The van der Waals surface area contributed by atoms with E-state index in [2.05, 4.69) is 14.9 Å². The number of aromatic nitrogens is 2. The van der Waals surface area contributed by atoms with Crippen molar-refractivity contribution in [3.8, 4) is 0 Å². The van der Waals surface area contributed by atoms with Crippen molar-refractivity contribution in [2.75, 3.05) is 26.4 Å². The molecule has 1 unspecified atom stereocenters. The van der Waals surface area contributed by atoms with Crippen LogP contribution in [0.5, 0.6) is 0 Å². The van der Waals surface area contributed by atoms with Crippen LogP contribution in [0.3, 0.4) is 0 Å². The summed E-state index contributed by atoms with van der Waals surface area (Å²) < 4.78 is 37.3. The number of nitrogens with one attached hydrogen (secondary N) is 2. The number of nitrogens with zero attached hydrogens (tertiary/aromatic N) is 1. The van der Waals surface area contributed by atoms with Gasteiger partial charge in [0.15, 0.2) is 5.03 Å². The van der Waals surface area contributed by atoms with E-state index < -0.39 is 10.0 Å². The molecule has 2 heterocycles. The molecule has 19 heavy (non-hydrogen) atoms. The van der Waals surface area contributed by atoms with Crippen molar-refractivity contribution in [2.24, 2.45) is 5.73 Å². The quantitative estimate of drug-likeness (QED) is 0.631. The lowest BCUT2D eigenvalue weighted by Gasteiger charge is -2.22. The highest BCUT2D eigenvalue weighted by molar-refractivity contribution is 7.89. The number of aromatic amines is 1. The largest absolute Gasteiger partial charge is 0.376 e. The molecule has 0 amide bonds. The lowest BCUT2D eigenvalue weighted by Crippen LogP contribution is -2.40. The number of hydrogen-bond donors (Lipinski definition) is 3. The Morgan fingerprint density at radius 2 is 2.32 bits per heavy atom. The molecule has 0 radical (unpaired) electrons. The van der Waals surface area contributed by atoms with Gasteiger partial charge in [-0.1, -0.05) is 0 Å². The highest BCUT2D eigenvalue weighted by Gasteiger charge is 2.25. The van der Waals surface area contributed by atoms with Gasteiger partial charge in [0.25, 0.3) is 10.0 Å². The minimum atomic E-state index is -3.69. The average Bonchev–Trinajstić information content (AvgIpc) is 2.79. The second-order valence-corrected chi connectivity index (χ2v) is 5.94. The van der Waals surface area contributed by atoms with Crippen molar-refractivity contribution in [3.05, 3.63) is 11.3 Å². The summed E-state index contributed by atoms with van der Waals surface area (Å²) >= 11 is 0. The van der Waals surface area contributed by atoms with Gasteiger partial charge in [0.05, 0.1) is 25.9 Å². The first-order chi connectivity index (χ1) is 9.04. The third-order valence-corrected chi connectivity index (χ3v) is 4.27. The first-order valence-electron chi connectivity index (χ1n) is 5.97. The summed E-state index contributed by atoms with van der Waals surface area (Å²) in [6.07, 6.45) is -0.273. The van der Waals surface area contributed by atoms with E-state index >= 15 is 0 Å². The molecule has 0 aliphatic carbocycles. The first kappa shape index (κ1) is 14.4. The molecule has 1 aromatic rings. The summed E-state index contributed by atoms with van der Waals surface area (Å²) in [5, 5.41) is 6.37. The molecule has 2 rings (SSSR count). The van der Waals surface area contributed by atoms with Crippen LogP contribution >= 0.6 is 0 Å². The Kier molecular flexibility index (Phi) is 4.53. The maximum absolute atomic E-state index is 12.1. The SMILES string of the molecule is Cc1[nH]nc(S(=O)(=O)NCC2COCCO2)c1CN. The Balaban J connectivity index is 2.05. The van der Waals surface area contributed by atoms with Crippen LogP contribution in [-0.2, 0) is 26.0 Å². The fourth-order valence-electron chi connectivity index (χ4n) is 1.82. The summed E-state index contributed by atoms with van der Waals surface area (Å²) in [7, 11) is -3.69. The summed E-state index contributed by atoms with van der Waals surface area (Å²) in [4.78, 5) is 0. The molecule has 0 aromatic carbocycles. The van der Waals surface area contributed by atoms with E-state index in [9.17, 15) is 8.42 Å². The van der Waals surface area contributed by atoms with Crippen molar-refractivity contribution in [1.82, 2.24) is 14.9 Å². The number of rotatable bonds is 5. The summed E-state index contributed by atoms with van der Waals surface area (Å²) in [5.41, 5.74) is 6.68. The van der Waals surface area contributed by atoms with Gasteiger partial charge in [0, 0.05) is 24.3 Å². The molecular formula is C10H18N4O4S. The Bertz CT molecular complexity index is 522. The maximum Gasteiger partial charge on any atom is 0.260 e. The van der Waals surface area contributed by atoms with Gasteiger partial charge in [-0.25, -0.2) is 13.1 Å². The molecular weight excluding hydrogens is 272 g/mol. The third kappa shape index (κ3) is 3.31. The lowest BCUT2D eigenvalue weighted by atomic mass is 10.3. The minimum Gasteiger partial charge on any atom is -0.376 e. The fraction of sp³-hybridized carbons (Fsp3) is 0.700. The molecule has 108 valence electrons. The third-order valence-electron chi connectivity index (χ3n) is 2.88. The maximum atomic E-state index is 12.1. The van der Waals surface area contributed by atoms with Gasteiger partial charge in [-0.3, -0.25) is 5.10 Å². The van der Waals surface area contributed by atoms with E-state index in [1.807, 2.05) is 0 Å². The number of aryl methyl sites for hydroxylation is 1. The molecule has 1 aliphatic rings. The molecule has 0 saturated carbocycles. The van der Waals surface area contributed by atoms with Crippen molar-refractivity contribution in [2.45, 2.75) is 24.6 Å². The zero-order chi connectivity index (χ0) is 13.9. The van der Waals surface area contributed by atoms with Gasteiger partial charge in [-0.15, -0.1) is 0 Å². The Morgan fingerprint density at radius 1 is 1.53 bits per heavy atom. The van der Waals surface area contributed by atoms with Crippen molar-refractivity contribution in [1.29, 1.82) is 0 Å². The Labute approximate surface area is 111 Å². The number of H-pyrrole nitrogens is 1. The van der Waals surface area contributed by atoms with Crippen LogP contribution < -0.4 is 10.5 Å².